The van der Waals surface area contributed by atoms with E-state index in [9.17, 15) is 13.2 Å². The minimum atomic E-state index is -4.20. The zero-order valence-electron chi connectivity index (χ0n) is 19.2. The number of carbonyl (C=O) groups is 1. The van der Waals surface area contributed by atoms with Gasteiger partial charge in [-0.05, 0) is 48.0 Å². The molecule has 0 aliphatic rings. The molecule has 13 heteroatoms. The van der Waals surface area contributed by atoms with Crippen LogP contribution in [-0.4, -0.2) is 38.3 Å². The number of ether oxygens (including phenoxy) is 3. The molecular formula is C24H21Cl2N3O7S. The molecule has 5 N–H and O–H groups in total. The third-order valence-electron chi connectivity index (χ3n) is 5.20. The molecule has 0 fully saturated rings. The number of carboxylic acids is 1. The van der Waals surface area contributed by atoms with Crippen molar-refractivity contribution in [2.75, 3.05) is 18.6 Å². The van der Waals surface area contributed by atoms with Crippen LogP contribution in [0.15, 0.2) is 59.5 Å². The Bertz CT molecular complexity index is 1590. The highest BCUT2D eigenvalue weighted by Gasteiger charge is 2.23. The zero-order valence-corrected chi connectivity index (χ0v) is 21.6. The lowest BCUT2D eigenvalue weighted by Gasteiger charge is -2.17. The smallest absolute Gasteiger partial charge is 0.307 e. The number of sulfonamides is 1. The number of aromatic nitrogens is 1. The molecule has 0 aliphatic carbocycles. The maximum Gasteiger partial charge on any atom is 0.307 e. The van der Waals surface area contributed by atoms with E-state index in [-0.39, 0.29) is 51.0 Å². The fourth-order valence-corrected chi connectivity index (χ4v) is 5.46. The molecule has 4 aromatic rings. The molecule has 0 unspecified atom stereocenters. The Balaban J connectivity index is 1.82. The lowest BCUT2D eigenvalue weighted by Crippen LogP contribution is -2.14. The van der Waals surface area contributed by atoms with E-state index in [1.54, 1.807) is 24.3 Å². The molecule has 37 heavy (non-hydrogen) atoms. The van der Waals surface area contributed by atoms with E-state index in [4.69, 9.17) is 48.3 Å². The highest BCUT2D eigenvalue weighted by molar-refractivity contribution is 7.92. The van der Waals surface area contributed by atoms with E-state index in [0.717, 1.165) is 0 Å². The number of methoxy groups -OCH3 is 1. The van der Waals surface area contributed by atoms with Gasteiger partial charge in [0.1, 0.15) is 17.3 Å². The summed E-state index contributed by atoms with van der Waals surface area (Å²) >= 11 is 12.1. The van der Waals surface area contributed by atoms with Crippen molar-refractivity contribution < 1.29 is 32.5 Å². The van der Waals surface area contributed by atoms with Gasteiger partial charge >= 0.3 is 5.97 Å². The van der Waals surface area contributed by atoms with Gasteiger partial charge < -0.3 is 24.3 Å². The second kappa shape index (κ2) is 10.8. The van der Waals surface area contributed by atoms with Gasteiger partial charge in [-0.2, -0.15) is 0 Å². The molecule has 0 saturated carbocycles. The van der Waals surface area contributed by atoms with E-state index in [1.807, 2.05) is 0 Å². The largest absolute Gasteiger partial charge is 0.493 e. The van der Waals surface area contributed by atoms with Crippen LogP contribution in [0.4, 0.5) is 5.69 Å². The highest BCUT2D eigenvalue weighted by Crippen LogP contribution is 2.42. The maximum atomic E-state index is 13.3. The molecule has 1 aromatic heterocycles. The number of carboxylic acid groups (broad SMARTS) is 1. The molecule has 4 rings (SSSR count). The van der Waals surface area contributed by atoms with Gasteiger partial charge in [0, 0.05) is 16.5 Å². The van der Waals surface area contributed by atoms with Crippen molar-refractivity contribution >= 4 is 55.8 Å². The van der Waals surface area contributed by atoms with Crippen molar-refractivity contribution in [2.24, 2.45) is 5.73 Å². The van der Waals surface area contributed by atoms with Gasteiger partial charge in [-0.3, -0.25) is 15.3 Å². The predicted molar refractivity (Wildman–Crippen MR) is 140 cm³/mol. The minimum Gasteiger partial charge on any atom is -0.493 e. The van der Waals surface area contributed by atoms with Crippen LogP contribution < -0.4 is 24.7 Å². The van der Waals surface area contributed by atoms with E-state index < -0.39 is 16.0 Å². The molecule has 0 spiro atoms. The first-order valence-electron chi connectivity index (χ1n) is 10.6. The van der Waals surface area contributed by atoms with Crippen LogP contribution >= 0.6 is 23.2 Å². The topological polar surface area (TPSA) is 153 Å². The summed E-state index contributed by atoms with van der Waals surface area (Å²) in [5.74, 6) is -0.0646. The summed E-state index contributed by atoms with van der Waals surface area (Å²) in [5.41, 5.74) is 6.61. The average Bonchev–Trinajstić information content (AvgIpc) is 3.24. The molecule has 0 atom stereocenters. The lowest BCUT2D eigenvalue weighted by atomic mass is 10.1. The van der Waals surface area contributed by atoms with Crippen molar-refractivity contribution in [2.45, 2.75) is 11.3 Å². The van der Waals surface area contributed by atoms with E-state index in [2.05, 4.69) is 9.71 Å². The lowest BCUT2D eigenvalue weighted by molar-refractivity contribution is -0.136. The van der Waals surface area contributed by atoms with Crippen molar-refractivity contribution in [3.05, 3.63) is 70.2 Å². The summed E-state index contributed by atoms with van der Waals surface area (Å²) in [4.78, 5) is 13.9. The van der Waals surface area contributed by atoms with Gasteiger partial charge in [0.25, 0.3) is 10.0 Å². The van der Waals surface area contributed by atoms with Crippen LogP contribution in [0.2, 0.25) is 10.0 Å². The summed E-state index contributed by atoms with van der Waals surface area (Å²) in [6, 6.07) is 13.5. The number of halogens is 2. The quantitative estimate of drug-likeness (QED) is 0.196. The monoisotopic (exact) mass is 565 g/mol. The fraction of sp³-hybridized carbons (Fsp3) is 0.125. The number of rotatable bonds is 10. The van der Waals surface area contributed by atoms with Crippen molar-refractivity contribution in [1.29, 1.82) is 0 Å². The zero-order chi connectivity index (χ0) is 26.7. The van der Waals surface area contributed by atoms with Gasteiger partial charge in [0.05, 0.1) is 24.1 Å². The molecule has 0 amide bonds. The first-order chi connectivity index (χ1) is 17.6. The number of fused-ring (bicyclic) bond motifs is 1. The van der Waals surface area contributed by atoms with Crippen molar-refractivity contribution in [3.8, 4) is 23.1 Å². The first-order valence-corrected chi connectivity index (χ1v) is 12.9. The maximum absolute atomic E-state index is 13.3. The summed E-state index contributed by atoms with van der Waals surface area (Å²) in [6.07, 6.45) is -0.206. The fourth-order valence-electron chi connectivity index (χ4n) is 3.60. The standard InChI is InChI=1S/C24H21Cl2N3O7S/c1-34-20-8-13(9-23(30)31)2-5-18(20)36-19-6-4-17-15(11-22(28-17)35-12-27)24(19)29-37(32,33)21-7-3-14(25)10-16(21)26/h2-8,10-11,28-29H,9,12,27H2,1H3,(H,30,31). The Hall–Kier alpha value is -3.64. The summed E-state index contributed by atoms with van der Waals surface area (Å²) in [6.45, 7) is -0.0997. The number of aromatic amines is 1. The normalized spacial score (nSPS) is 11.4. The van der Waals surface area contributed by atoms with Gasteiger partial charge in [0.15, 0.2) is 23.1 Å². The molecule has 1 heterocycles. The third-order valence-corrected chi connectivity index (χ3v) is 7.27. The van der Waals surface area contributed by atoms with Gasteiger partial charge in [-0.1, -0.05) is 29.3 Å². The Morgan fingerprint density at radius 3 is 2.49 bits per heavy atom. The average molecular weight is 566 g/mol. The molecule has 0 bridgehead atoms. The van der Waals surface area contributed by atoms with Crippen LogP contribution in [0.3, 0.4) is 0 Å². The Morgan fingerprint density at radius 1 is 1.05 bits per heavy atom. The second-order valence-electron chi connectivity index (χ2n) is 7.68. The molecule has 194 valence electrons. The predicted octanol–water partition coefficient (Wildman–Crippen LogP) is 5.00. The summed E-state index contributed by atoms with van der Waals surface area (Å²) in [7, 11) is -2.79. The molecule has 0 radical (unpaired) electrons. The molecule has 3 aromatic carbocycles. The number of hydrogen-bond acceptors (Lipinski definition) is 7. The van der Waals surface area contributed by atoms with Gasteiger partial charge in [0.2, 0.25) is 0 Å². The first kappa shape index (κ1) is 26.4. The SMILES string of the molecule is COc1cc(CC(=O)O)ccc1Oc1ccc2[nH]c(OCN)cc2c1NS(=O)(=O)c1ccc(Cl)cc1Cl. The van der Waals surface area contributed by atoms with Crippen molar-refractivity contribution in [3.63, 3.8) is 0 Å². The molecular weight excluding hydrogens is 545 g/mol. The molecule has 0 aliphatic heterocycles. The number of nitrogens with one attached hydrogen (secondary N) is 2. The van der Waals surface area contributed by atoms with Crippen molar-refractivity contribution in [1.82, 2.24) is 4.98 Å². The van der Waals surface area contributed by atoms with Crippen LogP contribution in [0.5, 0.6) is 23.1 Å². The highest BCUT2D eigenvalue weighted by atomic mass is 35.5. The number of anilines is 1. The van der Waals surface area contributed by atoms with Gasteiger partial charge in [-0.25, -0.2) is 8.42 Å². The Labute approximate surface area is 221 Å². The minimum absolute atomic E-state index is 0.0634. The number of hydrogen-bond donors (Lipinski definition) is 4. The number of aliphatic carboxylic acids is 1. The van der Waals surface area contributed by atoms with Gasteiger partial charge in [-0.15, -0.1) is 0 Å². The van der Waals surface area contributed by atoms with Crippen LogP contribution in [0, 0.1) is 0 Å². The summed E-state index contributed by atoms with van der Waals surface area (Å²) < 4.78 is 46.0. The third kappa shape index (κ3) is 5.86. The number of H-pyrrole nitrogens is 1. The number of benzene rings is 3. The molecule has 0 saturated heterocycles. The van der Waals surface area contributed by atoms with E-state index in [0.29, 0.717) is 22.3 Å². The van der Waals surface area contributed by atoms with Crippen LogP contribution in [0.25, 0.3) is 10.9 Å². The number of nitrogens with two attached hydrogens (primary N) is 1. The van der Waals surface area contributed by atoms with E-state index >= 15 is 0 Å². The van der Waals surface area contributed by atoms with Crippen LogP contribution in [-0.2, 0) is 21.2 Å². The summed E-state index contributed by atoms with van der Waals surface area (Å²) in [5, 5.41) is 9.72. The molecule has 10 nitrogen and oxygen atoms in total. The van der Waals surface area contributed by atoms with Crippen LogP contribution in [0.1, 0.15) is 5.56 Å². The van der Waals surface area contributed by atoms with E-state index in [1.165, 1.54) is 37.4 Å². The Morgan fingerprint density at radius 2 is 1.81 bits per heavy atom. The second-order valence-corrected chi connectivity index (χ2v) is 10.2. The Kier molecular flexibility index (Phi) is 7.69.